The summed E-state index contributed by atoms with van der Waals surface area (Å²) in [5.41, 5.74) is -1.14. The second-order valence-corrected chi connectivity index (χ2v) is 1.77. The lowest BCUT2D eigenvalue weighted by atomic mass is 10.3. The van der Waals surface area contributed by atoms with Crippen LogP contribution in [-0.4, -0.2) is 23.2 Å². The zero-order chi connectivity index (χ0) is 5.49. The van der Waals surface area contributed by atoms with Crippen LogP contribution in [-0.2, 0) is 4.79 Å². The van der Waals surface area contributed by atoms with Crippen molar-refractivity contribution < 1.29 is 9.90 Å². The van der Waals surface area contributed by atoms with Gasteiger partial charge in [0.1, 0.15) is 0 Å². The molecule has 1 fully saturated rings. The highest BCUT2D eigenvalue weighted by atomic mass is 16.3. The Morgan fingerprint density at radius 1 is 2.00 bits per heavy atom. The third-order valence-corrected chi connectivity index (χ3v) is 1.09. The zero-order valence-corrected chi connectivity index (χ0v) is 4.06. The number of rotatable bonds is 1. The number of ketones is 1. The van der Waals surface area contributed by atoms with Gasteiger partial charge >= 0.3 is 0 Å². The maximum absolute atomic E-state index is 10.2. The number of carbonyl (C=O) groups excluding carboxylic acids is 1. The van der Waals surface area contributed by atoms with Gasteiger partial charge in [0.2, 0.25) is 0 Å². The largest absolute Gasteiger partial charge is 0.368 e. The highest BCUT2D eigenvalue weighted by Gasteiger charge is 2.44. The average molecular weight is 101 g/mol. The standard InChI is InChI=1S/C4H7NO2/c1-3(6)4(7)2-5-4/h5,7H,2H2,1H3. The van der Waals surface area contributed by atoms with Crippen LogP contribution in [0.1, 0.15) is 6.92 Å². The number of hydrogen-bond acceptors (Lipinski definition) is 3. The quantitative estimate of drug-likeness (QED) is 0.411. The molecule has 7 heavy (non-hydrogen) atoms. The molecule has 0 amide bonds. The molecular weight excluding hydrogens is 94.0 g/mol. The summed E-state index contributed by atoms with van der Waals surface area (Å²) in [6, 6.07) is 0. The van der Waals surface area contributed by atoms with E-state index in [2.05, 4.69) is 5.32 Å². The maximum Gasteiger partial charge on any atom is 0.188 e. The third-order valence-electron chi connectivity index (χ3n) is 1.09. The van der Waals surface area contributed by atoms with Crippen LogP contribution in [0.4, 0.5) is 0 Å². The molecule has 3 nitrogen and oxygen atoms in total. The second kappa shape index (κ2) is 1.05. The Hall–Kier alpha value is -0.410. The van der Waals surface area contributed by atoms with E-state index in [-0.39, 0.29) is 5.78 Å². The van der Waals surface area contributed by atoms with Crippen molar-refractivity contribution in [2.45, 2.75) is 12.6 Å². The molecule has 1 aliphatic rings. The Labute approximate surface area is 41.3 Å². The van der Waals surface area contributed by atoms with Crippen LogP contribution in [0.3, 0.4) is 0 Å². The van der Waals surface area contributed by atoms with E-state index in [1.54, 1.807) is 0 Å². The molecule has 1 heterocycles. The molecule has 1 unspecified atom stereocenters. The summed E-state index contributed by atoms with van der Waals surface area (Å²) < 4.78 is 0. The minimum atomic E-state index is -1.14. The summed E-state index contributed by atoms with van der Waals surface area (Å²) in [7, 11) is 0. The van der Waals surface area contributed by atoms with Gasteiger partial charge in [0.05, 0.1) is 0 Å². The van der Waals surface area contributed by atoms with Crippen molar-refractivity contribution in [1.82, 2.24) is 5.32 Å². The van der Waals surface area contributed by atoms with E-state index < -0.39 is 5.72 Å². The first kappa shape index (κ1) is 4.74. The highest BCUT2D eigenvalue weighted by Crippen LogP contribution is 2.11. The van der Waals surface area contributed by atoms with Crippen LogP contribution < -0.4 is 5.32 Å². The van der Waals surface area contributed by atoms with E-state index in [9.17, 15) is 4.79 Å². The molecule has 0 aliphatic carbocycles. The fourth-order valence-electron chi connectivity index (χ4n) is 0.333. The predicted octanol–water partition coefficient (Wildman–Crippen LogP) is -1.13. The van der Waals surface area contributed by atoms with Crippen LogP contribution in [0.25, 0.3) is 0 Å². The topological polar surface area (TPSA) is 59.2 Å². The molecule has 0 spiro atoms. The lowest BCUT2D eigenvalue weighted by Crippen LogP contribution is -2.23. The molecule has 0 aromatic rings. The Kier molecular flexibility index (Phi) is 0.711. The van der Waals surface area contributed by atoms with Gasteiger partial charge in [-0.25, -0.2) is 0 Å². The van der Waals surface area contributed by atoms with Gasteiger partial charge < -0.3 is 5.11 Å². The molecule has 1 rings (SSSR count). The average Bonchev–Trinajstić information content (AvgIpc) is 2.21. The lowest BCUT2D eigenvalue weighted by molar-refractivity contribution is -0.127. The van der Waals surface area contributed by atoms with Crippen molar-refractivity contribution >= 4 is 5.78 Å². The van der Waals surface area contributed by atoms with Gasteiger partial charge in [-0.1, -0.05) is 0 Å². The smallest absolute Gasteiger partial charge is 0.188 e. The third kappa shape index (κ3) is 0.642. The number of nitrogens with one attached hydrogen (secondary N) is 1. The van der Waals surface area contributed by atoms with Gasteiger partial charge in [-0.2, -0.15) is 0 Å². The number of β-amino-alcohol motifs (C(OH)–C–C–N with tert-alkyl or cyclic N) is 1. The molecule has 0 bridgehead atoms. The fourth-order valence-corrected chi connectivity index (χ4v) is 0.333. The highest BCUT2D eigenvalue weighted by molar-refractivity contribution is 5.87. The van der Waals surface area contributed by atoms with Gasteiger partial charge in [0, 0.05) is 6.54 Å². The second-order valence-electron chi connectivity index (χ2n) is 1.77. The number of aliphatic hydroxyl groups is 1. The number of hydrogen-bond donors (Lipinski definition) is 2. The maximum atomic E-state index is 10.2. The van der Waals surface area contributed by atoms with Crippen molar-refractivity contribution in [3.05, 3.63) is 0 Å². The summed E-state index contributed by atoms with van der Waals surface area (Å²) in [6.45, 7) is 1.78. The SMILES string of the molecule is CC(=O)C1(O)CN1. The van der Waals surface area contributed by atoms with Crippen LogP contribution in [0.15, 0.2) is 0 Å². The van der Waals surface area contributed by atoms with E-state index in [1.807, 2.05) is 0 Å². The molecule has 0 aromatic heterocycles. The molecule has 0 saturated carbocycles. The van der Waals surface area contributed by atoms with Gasteiger partial charge in [-0.15, -0.1) is 0 Å². The van der Waals surface area contributed by atoms with Gasteiger partial charge in [-0.05, 0) is 6.92 Å². The predicted molar refractivity (Wildman–Crippen MR) is 23.6 cm³/mol. The van der Waals surface area contributed by atoms with Crippen LogP contribution in [0.2, 0.25) is 0 Å². The van der Waals surface area contributed by atoms with Crippen molar-refractivity contribution in [3.63, 3.8) is 0 Å². The van der Waals surface area contributed by atoms with Crippen molar-refractivity contribution in [2.24, 2.45) is 0 Å². The molecule has 1 saturated heterocycles. The number of carbonyl (C=O) groups is 1. The molecule has 1 atom stereocenters. The summed E-state index contributed by atoms with van der Waals surface area (Å²) in [6.07, 6.45) is 0. The van der Waals surface area contributed by atoms with E-state index >= 15 is 0 Å². The first-order valence-corrected chi connectivity index (χ1v) is 2.13. The van der Waals surface area contributed by atoms with Crippen LogP contribution >= 0.6 is 0 Å². The molecule has 2 N–H and O–H groups in total. The van der Waals surface area contributed by atoms with Gasteiger partial charge in [0.15, 0.2) is 11.5 Å². The van der Waals surface area contributed by atoms with Gasteiger partial charge in [0.25, 0.3) is 0 Å². The summed E-state index contributed by atoms with van der Waals surface area (Å²) in [5, 5.41) is 11.3. The van der Waals surface area contributed by atoms with Crippen LogP contribution in [0, 0.1) is 0 Å². The minimum absolute atomic E-state index is 0.201. The molecular formula is C4H7NO2. The Morgan fingerprint density at radius 3 is 2.43 bits per heavy atom. The monoisotopic (exact) mass is 101 g/mol. The summed E-state index contributed by atoms with van der Waals surface area (Å²) in [5.74, 6) is -0.201. The summed E-state index contributed by atoms with van der Waals surface area (Å²) >= 11 is 0. The Bertz CT molecular complexity index is 106. The summed E-state index contributed by atoms with van der Waals surface area (Å²) in [4.78, 5) is 10.2. The molecule has 0 aromatic carbocycles. The van der Waals surface area contributed by atoms with Crippen molar-refractivity contribution in [2.75, 3.05) is 6.54 Å². The first-order valence-electron chi connectivity index (χ1n) is 2.13. The lowest BCUT2D eigenvalue weighted by Gasteiger charge is -1.94. The Balaban J connectivity index is 2.55. The molecule has 40 valence electrons. The fraction of sp³-hybridized carbons (Fsp3) is 0.750. The van der Waals surface area contributed by atoms with Crippen molar-refractivity contribution in [1.29, 1.82) is 0 Å². The van der Waals surface area contributed by atoms with E-state index in [0.29, 0.717) is 6.54 Å². The van der Waals surface area contributed by atoms with E-state index in [1.165, 1.54) is 6.92 Å². The Morgan fingerprint density at radius 2 is 2.43 bits per heavy atom. The normalized spacial score (nSPS) is 38.0. The van der Waals surface area contributed by atoms with Crippen LogP contribution in [0.5, 0.6) is 0 Å². The molecule has 1 aliphatic heterocycles. The first-order chi connectivity index (χ1) is 3.15. The van der Waals surface area contributed by atoms with E-state index in [0.717, 1.165) is 0 Å². The molecule has 0 radical (unpaired) electrons. The zero-order valence-electron chi connectivity index (χ0n) is 4.06. The van der Waals surface area contributed by atoms with Crippen molar-refractivity contribution in [3.8, 4) is 0 Å². The minimum Gasteiger partial charge on any atom is -0.368 e. The van der Waals surface area contributed by atoms with Gasteiger partial charge in [-0.3, -0.25) is 10.1 Å². The molecule has 3 heteroatoms. The number of Topliss-reactive ketones (excluding diaryl/α,β-unsaturated/α-hetero) is 1. The van der Waals surface area contributed by atoms with E-state index in [4.69, 9.17) is 5.11 Å².